The van der Waals surface area contributed by atoms with Crippen molar-refractivity contribution in [1.29, 1.82) is 0 Å². The second-order valence-electron chi connectivity index (χ2n) is 23.9. The summed E-state index contributed by atoms with van der Waals surface area (Å²) in [7, 11) is 6.44. The third kappa shape index (κ3) is 11.3. The zero-order valence-electron chi connectivity index (χ0n) is 46.9. The maximum absolute atomic E-state index is 13.6. The maximum atomic E-state index is 13.6. The number of aliphatic hydroxyl groups is 2. The highest BCUT2D eigenvalue weighted by molar-refractivity contribution is 6.32. The molecule has 14 heteroatoms. The number of rotatable bonds is 10. The topological polar surface area (TPSA) is 77.9 Å². The van der Waals surface area contributed by atoms with Gasteiger partial charge in [-0.15, -0.1) is 0 Å². The molecule has 1 fully saturated rings. The van der Waals surface area contributed by atoms with Gasteiger partial charge in [0.05, 0.1) is 13.1 Å². The first kappa shape index (κ1) is 56.3. The minimum Gasteiger partial charge on any atom is -0.384 e. The maximum Gasteiger partial charge on any atom is 0.123 e. The fourth-order valence-corrected chi connectivity index (χ4v) is 13.5. The Balaban J connectivity index is 0.000000127. The molecule has 13 rings (SSSR count). The zero-order valence-corrected chi connectivity index (χ0v) is 49.2. The largest absolute Gasteiger partial charge is 0.384 e. The molecule has 0 saturated heterocycles. The summed E-state index contributed by atoms with van der Waals surface area (Å²) in [5.74, 6) is 0.194. The number of halogens is 5. The molecule has 4 aliphatic rings. The van der Waals surface area contributed by atoms with E-state index in [1.807, 2.05) is 74.5 Å². The number of hydrogen-bond donors (Lipinski definition) is 2. The van der Waals surface area contributed by atoms with Crippen LogP contribution in [-0.4, -0.2) is 84.4 Å². The van der Waals surface area contributed by atoms with Gasteiger partial charge in [0, 0.05) is 153 Å². The van der Waals surface area contributed by atoms with Gasteiger partial charge in [0.25, 0.3) is 0 Å². The van der Waals surface area contributed by atoms with Gasteiger partial charge in [0.2, 0.25) is 0 Å². The first-order chi connectivity index (χ1) is 38.1. The van der Waals surface area contributed by atoms with Crippen LogP contribution in [0.25, 0.3) is 32.7 Å². The Bertz CT molecular complexity index is 3570. The highest BCUT2D eigenvalue weighted by atomic mass is 35.5. The van der Waals surface area contributed by atoms with Crippen LogP contribution in [0, 0.1) is 24.5 Å². The van der Waals surface area contributed by atoms with E-state index in [0.29, 0.717) is 24.6 Å². The minimum atomic E-state index is -1.10. The fraction of sp³-hybridized carbons (Fsp3) is 0.379. The summed E-state index contributed by atoms with van der Waals surface area (Å²) in [6.07, 6.45) is 7.24. The molecule has 80 heavy (non-hydrogen) atoms. The summed E-state index contributed by atoms with van der Waals surface area (Å²) in [6.45, 7) is 15.6. The molecule has 3 aliphatic heterocycles. The fourth-order valence-electron chi connectivity index (χ4n) is 12.9. The lowest BCUT2D eigenvalue weighted by atomic mass is 9.77. The number of hydrogen-bond acceptors (Lipinski definition) is 6. The average molecular weight is 1140 g/mol. The van der Waals surface area contributed by atoms with Crippen molar-refractivity contribution in [2.75, 3.05) is 40.8 Å². The van der Waals surface area contributed by atoms with Crippen molar-refractivity contribution in [3.05, 3.63) is 204 Å². The van der Waals surface area contributed by atoms with Crippen LogP contribution in [0.2, 0.25) is 15.1 Å². The number of aryl methyl sites for hydroxylation is 1. The molecule has 7 heterocycles. The first-order valence-corrected chi connectivity index (χ1v) is 29.1. The summed E-state index contributed by atoms with van der Waals surface area (Å²) >= 11 is 18.9. The lowest BCUT2D eigenvalue weighted by molar-refractivity contribution is 0.0378. The first-order valence-electron chi connectivity index (χ1n) is 28.0. The van der Waals surface area contributed by atoms with Crippen molar-refractivity contribution in [1.82, 2.24) is 33.4 Å². The molecule has 0 bridgehead atoms. The van der Waals surface area contributed by atoms with Gasteiger partial charge in [0.15, 0.2) is 0 Å². The third-order valence-electron chi connectivity index (χ3n) is 17.6. The second-order valence-corrected chi connectivity index (χ2v) is 25.2. The van der Waals surface area contributed by atoms with Crippen LogP contribution in [0.1, 0.15) is 89.8 Å². The highest BCUT2D eigenvalue weighted by Crippen LogP contribution is 2.50. The third-order valence-corrected chi connectivity index (χ3v) is 18.3. The molecule has 0 spiro atoms. The van der Waals surface area contributed by atoms with Crippen molar-refractivity contribution in [2.24, 2.45) is 5.92 Å². The number of fused-ring (bicyclic) bond motifs is 9. The molecule has 9 aromatic rings. The van der Waals surface area contributed by atoms with E-state index in [0.717, 1.165) is 108 Å². The average Bonchev–Trinajstić information content (AvgIpc) is 4.23. The Morgan fingerprint density at radius 3 is 1.24 bits per heavy atom. The number of nitrogens with zero attached hydrogens (tertiary/aromatic N) is 7. The highest BCUT2D eigenvalue weighted by Gasteiger charge is 2.44. The molecule has 3 atom stereocenters. The van der Waals surface area contributed by atoms with Gasteiger partial charge in [-0.2, -0.15) is 0 Å². The van der Waals surface area contributed by atoms with Gasteiger partial charge in [-0.25, -0.2) is 8.78 Å². The van der Waals surface area contributed by atoms with Crippen molar-refractivity contribution in [3.63, 3.8) is 0 Å². The van der Waals surface area contributed by atoms with Gasteiger partial charge < -0.3 is 38.6 Å². The molecule has 3 unspecified atom stereocenters. The van der Waals surface area contributed by atoms with Crippen LogP contribution in [0.5, 0.6) is 0 Å². The molecule has 1 aliphatic carbocycles. The predicted molar refractivity (Wildman–Crippen MR) is 322 cm³/mol. The molecule has 4 aromatic heterocycles. The smallest absolute Gasteiger partial charge is 0.123 e. The molecular formula is C66H72Cl3F2N7O2. The molecular weight excluding hydrogens is 1070 g/mol. The molecule has 2 N–H and O–H groups in total. The normalized spacial score (nSPS) is 18.1. The Hall–Kier alpha value is -5.60. The Morgan fingerprint density at radius 1 is 0.500 bits per heavy atom. The predicted octanol–water partition coefficient (Wildman–Crippen LogP) is 14.0. The van der Waals surface area contributed by atoms with Crippen molar-refractivity contribution < 1.29 is 19.0 Å². The monoisotopic (exact) mass is 1140 g/mol. The summed E-state index contributed by atoms with van der Waals surface area (Å²) in [6, 6.07) is 35.4. The van der Waals surface area contributed by atoms with Gasteiger partial charge in [-0.3, -0.25) is 4.98 Å². The zero-order chi connectivity index (χ0) is 56.4. The standard InChI is InChI=1S/C24H26ClFN2.C21H22ClFN2O.C21H24ClN3O/c1-24(16-3-4-16,17-5-8-19(26)9-6-17)15-28-22-10-7-18(25)13-20(22)21-14-27(2)12-11-23(21)28;1-21(26,14-3-6-16(23)7-4-14)13-25-19-8-5-15(22)11-17(19)18-12-24(2)10-9-20(18)25;1-14-4-5-15(11-23-14)21(2,26)13-25-19-7-6-16(22)10-17(19)18-12-24(3)9-8-20(18)25/h5-10,13,16H,3-4,11-12,14-15H2,1-2H3;3-8,11,26H,9-10,12-13H2,1-2H3;4-7,10-11,26H,8-9,12-13H2,1-3H3. The van der Waals surface area contributed by atoms with Gasteiger partial charge in [-0.05, 0) is 173 Å². The lowest BCUT2D eigenvalue weighted by Gasteiger charge is -2.33. The number of likely N-dealkylation sites (N-methyl/N-ethyl adjacent to an activating group) is 3. The molecule has 1 saturated carbocycles. The van der Waals surface area contributed by atoms with Crippen LogP contribution in [0.15, 0.2) is 121 Å². The summed E-state index contributed by atoms with van der Waals surface area (Å²) in [4.78, 5) is 11.4. The van der Waals surface area contributed by atoms with E-state index < -0.39 is 11.2 Å². The Kier molecular flexibility index (Phi) is 15.7. The number of pyridine rings is 1. The lowest BCUT2D eigenvalue weighted by Crippen LogP contribution is -2.33. The van der Waals surface area contributed by atoms with Gasteiger partial charge >= 0.3 is 0 Å². The van der Waals surface area contributed by atoms with E-state index in [9.17, 15) is 19.0 Å². The van der Waals surface area contributed by atoms with Crippen LogP contribution >= 0.6 is 34.8 Å². The van der Waals surface area contributed by atoms with Crippen LogP contribution in [0.3, 0.4) is 0 Å². The SMILES string of the molecule is CN1CCc2c(c3cc(Cl)ccc3n2CC(C)(O)c2ccc(F)cc2)C1.CN1CCc2c(c3cc(Cl)ccc3n2CC(C)(c2ccc(F)cc2)C2CC2)C1.Cc1ccc(C(C)(O)Cn2c3c(c4cc(Cl)ccc42)CN(C)CC3)cn1. The summed E-state index contributed by atoms with van der Waals surface area (Å²) < 4.78 is 33.8. The molecule has 9 nitrogen and oxygen atoms in total. The van der Waals surface area contributed by atoms with Crippen molar-refractivity contribution >= 4 is 67.5 Å². The quantitative estimate of drug-likeness (QED) is 0.142. The Morgan fingerprint density at radius 2 is 0.863 bits per heavy atom. The van der Waals surface area contributed by atoms with E-state index in [1.54, 1.807) is 37.4 Å². The molecule has 418 valence electrons. The number of aromatic nitrogens is 4. The second kappa shape index (κ2) is 22.3. The molecule has 5 aromatic carbocycles. The minimum absolute atomic E-state index is 0.0103. The van der Waals surface area contributed by atoms with Crippen molar-refractivity contribution in [2.45, 2.75) is 116 Å². The van der Waals surface area contributed by atoms with E-state index in [1.165, 1.54) is 80.6 Å². The van der Waals surface area contributed by atoms with E-state index >= 15 is 0 Å². The number of benzene rings is 5. The molecule has 0 radical (unpaired) electrons. The van der Waals surface area contributed by atoms with Crippen molar-refractivity contribution in [3.8, 4) is 0 Å². The van der Waals surface area contributed by atoms with Crippen LogP contribution < -0.4 is 0 Å². The van der Waals surface area contributed by atoms with Crippen LogP contribution in [0.4, 0.5) is 8.78 Å². The van der Waals surface area contributed by atoms with E-state index in [4.69, 9.17) is 34.8 Å². The van der Waals surface area contributed by atoms with E-state index in [2.05, 4.69) is 79.7 Å². The van der Waals surface area contributed by atoms with E-state index in [-0.39, 0.29) is 17.0 Å². The van der Waals surface area contributed by atoms with Crippen LogP contribution in [-0.2, 0) is 75.1 Å². The van der Waals surface area contributed by atoms with Gasteiger partial charge in [0.1, 0.15) is 22.8 Å². The molecule has 0 amide bonds. The van der Waals surface area contributed by atoms with Gasteiger partial charge in [-0.1, -0.05) is 72.1 Å². The summed E-state index contributed by atoms with van der Waals surface area (Å²) in [5.41, 5.74) is 13.2. The summed E-state index contributed by atoms with van der Waals surface area (Å²) in [5, 5.41) is 28.2. The Labute approximate surface area is 483 Å².